The topological polar surface area (TPSA) is 27.1 Å². The van der Waals surface area contributed by atoms with Gasteiger partial charge >= 0.3 is 0 Å². The normalized spacial score (nSPS) is 12.0. The fourth-order valence-corrected chi connectivity index (χ4v) is 5.19. The fraction of sp³-hybridized carbons (Fsp3) is 0.138. The maximum Gasteiger partial charge on any atom is 0.128 e. The van der Waals surface area contributed by atoms with Crippen LogP contribution in [0.1, 0.15) is 22.2 Å². The van der Waals surface area contributed by atoms with Crippen molar-refractivity contribution in [3.05, 3.63) is 126 Å². The second kappa shape index (κ2) is 9.97. The van der Waals surface area contributed by atoms with E-state index in [0.29, 0.717) is 6.61 Å². The number of hydrogen-bond acceptors (Lipinski definition) is 3. The van der Waals surface area contributed by atoms with Crippen molar-refractivity contribution in [3.63, 3.8) is 0 Å². The number of para-hydroxylation sites is 3. The zero-order chi connectivity index (χ0) is 22.5. The van der Waals surface area contributed by atoms with Crippen LogP contribution in [0.2, 0.25) is 0 Å². The molecule has 33 heavy (non-hydrogen) atoms. The van der Waals surface area contributed by atoms with Gasteiger partial charge in [-0.1, -0.05) is 78.9 Å². The standard InChI is InChI=1S/C29H26N2OS/c1-22-12-8-11-19-27(22)32-21-20-31-26-18-10-9-17-25(26)30-29(31)28(23-13-4-2-5-14-23)33-24-15-6-3-7-16-24/h2-19,28H,20-21H2,1H3. The molecule has 0 radical (unpaired) electrons. The van der Waals surface area contributed by atoms with Crippen LogP contribution in [0.25, 0.3) is 11.0 Å². The van der Waals surface area contributed by atoms with Crippen LogP contribution in [0.4, 0.5) is 0 Å². The molecular formula is C29H26N2OS. The molecule has 0 fully saturated rings. The molecule has 1 atom stereocenters. The summed E-state index contributed by atoms with van der Waals surface area (Å²) < 4.78 is 8.48. The number of aryl methyl sites for hydroxylation is 1. The van der Waals surface area contributed by atoms with E-state index in [9.17, 15) is 0 Å². The molecule has 0 N–H and O–H groups in total. The number of imidazole rings is 1. The van der Waals surface area contributed by atoms with E-state index in [0.717, 1.165) is 34.7 Å². The average molecular weight is 451 g/mol. The second-order valence-electron chi connectivity index (χ2n) is 7.95. The number of hydrogen-bond donors (Lipinski definition) is 0. The molecule has 5 aromatic rings. The highest BCUT2D eigenvalue weighted by molar-refractivity contribution is 7.99. The molecule has 0 saturated carbocycles. The Morgan fingerprint density at radius 2 is 1.45 bits per heavy atom. The van der Waals surface area contributed by atoms with E-state index >= 15 is 0 Å². The van der Waals surface area contributed by atoms with Crippen LogP contribution in [0.5, 0.6) is 5.75 Å². The van der Waals surface area contributed by atoms with E-state index in [1.807, 2.05) is 30.0 Å². The molecule has 5 rings (SSSR count). The summed E-state index contributed by atoms with van der Waals surface area (Å²) >= 11 is 1.83. The number of aromatic nitrogens is 2. The summed E-state index contributed by atoms with van der Waals surface area (Å²) in [6.07, 6.45) is 0. The smallest absolute Gasteiger partial charge is 0.128 e. The molecule has 164 valence electrons. The van der Waals surface area contributed by atoms with E-state index in [4.69, 9.17) is 9.72 Å². The number of ether oxygens (including phenoxy) is 1. The fourth-order valence-electron chi connectivity index (χ4n) is 4.03. The summed E-state index contributed by atoms with van der Waals surface area (Å²) in [6, 6.07) is 37.7. The Kier molecular flexibility index (Phi) is 6.45. The van der Waals surface area contributed by atoms with Crippen molar-refractivity contribution in [3.8, 4) is 5.75 Å². The van der Waals surface area contributed by atoms with E-state index in [1.165, 1.54) is 10.5 Å². The van der Waals surface area contributed by atoms with Gasteiger partial charge in [0.25, 0.3) is 0 Å². The zero-order valence-corrected chi connectivity index (χ0v) is 19.4. The molecule has 0 aliphatic carbocycles. The molecule has 0 amide bonds. The number of rotatable bonds is 8. The number of fused-ring (bicyclic) bond motifs is 1. The third-order valence-electron chi connectivity index (χ3n) is 5.68. The third-order valence-corrected chi connectivity index (χ3v) is 6.95. The van der Waals surface area contributed by atoms with E-state index < -0.39 is 0 Å². The Hall–Kier alpha value is -3.50. The second-order valence-corrected chi connectivity index (χ2v) is 9.12. The van der Waals surface area contributed by atoms with E-state index in [2.05, 4.69) is 102 Å². The van der Waals surface area contributed by atoms with Gasteiger partial charge in [0.15, 0.2) is 0 Å². The van der Waals surface area contributed by atoms with Gasteiger partial charge in [-0.2, -0.15) is 0 Å². The molecule has 0 saturated heterocycles. The lowest BCUT2D eigenvalue weighted by molar-refractivity contribution is 0.296. The minimum Gasteiger partial charge on any atom is -0.491 e. The van der Waals surface area contributed by atoms with Crippen LogP contribution in [0.15, 0.2) is 114 Å². The molecule has 4 aromatic carbocycles. The van der Waals surface area contributed by atoms with Crippen molar-refractivity contribution in [2.24, 2.45) is 0 Å². The predicted molar refractivity (Wildman–Crippen MR) is 137 cm³/mol. The van der Waals surface area contributed by atoms with Gasteiger partial charge in [-0.25, -0.2) is 4.98 Å². The van der Waals surface area contributed by atoms with Gasteiger partial charge in [-0.3, -0.25) is 0 Å². The van der Waals surface area contributed by atoms with E-state index in [1.54, 1.807) is 0 Å². The largest absolute Gasteiger partial charge is 0.491 e. The van der Waals surface area contributed by atoms with Crippen molar-refractivity contribution in [2.45, 2.75) is 23.6 Å². The van der Waals surface area contributed by atoms with Gasteiger partial charge in [0.05, 0.1) is 22.8 Å². The van der Waals surface area contributed by atoms with Crippen molar-refractivity contribution in [2.75, 3.05) is 6.61 Å². The van der Waals surface area contributed by atoms with Crippen molar-refractivity contribution in [1.82, 2.24) is 9.55 Å². The quantitative estimate of drug-likeness (QED) is 0.232. The lowest BCUT2D eigenvalue weighted by Gasteiger charge is -2.19. The Bertz CT molecular complexity index is 1330. The average Bonchev–Trinajstić information content (AvgIpc) is 3.23. The first-order chi connectivity index (χ1) is 16.3. The van der Waals surface area contributed by atoms with Gasteiger partial charge in [-0.05, 0) is 48.4 Å². The van der Waals surface area contributed by atoms with Crippen molar-refractivity contribution < 1.29 is 4.74 Å². The predicted octanol–water partition coefficient (Wildman–Crippen LogP) is 7.31. The summed E-state index contributed by atoms with van der Waals surface area (Å²) in [5, 5.41) is 0.0689. The van der Waals surface area contributed by atoms with Crippen LogP contribution >= 0.6 is 11.8 Å². The molecule has 1 aromatic heterocycles. The lowest BCUT2D eigenvalue weighted by Crippen LogP contribution is -2.14. The summed E-state index contributed by atoms with van der Waals surface area (Å²) in [5.74, 6) is 1.98. The van der Waals surface area contributed by atoms with Gasteiger partial charge < -0.3 is 9.30 Å². The SMILES string of the molecule is Cc1ccccc1OCCn1c(C(Sc2ccccc2)c2ccccc2)nc2ccccc21. The summed E-state index contributed by atoms with van der Waals surface area (Å²) in [5.41, 5.74) is 4.53. The highest BCUT2D eigenvalue weighted by Gasteiger charge is 2.23. The maximum atomic E-state index is 6.16. The number of benzene rings is 4. The monoisotopic (exact) mass is 450 g/mol. The van der Waals surface area contributed by atoms with Gasteiger partial charge in [0.2, 0.25) is 0 Å². The summed E-state index contributed by atoms with van der Waals surface area (Å²) in [7, 11) is 0. The van der Waals surface area contributed by atoms with Crippen LogP contribution in [-0.2, 0) is 6.54 Å². The molecule has 1 heterocycles. The third kappa shape index (κ3) is 4.81. The van der Waals surface area contributed by atoms with Crippen molar-refractivity contribution in [1.29, 1.82) is 0 Å². The first-order valence-corrected chi connectivity index (χ1v) is 12.1. The Morgan fingerprint density at radius 1 is 0.788 bits per heavy atom. The molecular weight excluding hydrogens is 424 g/mol. The van der Waals surface area contributed by atoms with Crippen LogP contribution in [-0.4, -0.2) is 16.2 Å². The number of thioether (sulfide) groups is 1. The highest BCUT2D eigenvalue weighted by Crippen LogP contribution is 2.41. The first kappa shape index (κ1) is 21.4. The molecule has 4 heteroatoms. The van der Waals surface area contributed by atoms with Gasteiger partial charge in [0, 0.05) is 4.90 Å². The molecule has 0 aliphatic heterocycles. The van der Waals surface area contributed by atoms with Crippen LogP contribution < -0.4 is 4.74 Å². The molecule has 3 nitrogen and oxygen atoms in total. The van der Waals surface area contributed by atoms with E-state index in [-0.39, 0.29) is 5.25 Å². The minimum atomic E-state index is 0.0689. The lowest BCUT2D eigenvalue weighted by atomic mass is 10.1. The Labute approximate surface area is 199 Å². The minimum absolute atomic E-state index is 0.0689. The maximum absolute atomic E-state index is 6.16. The molecule has 0 bridgehead atoms. The van der Waals surface area contributed by atoms with Gasteiger partial charge in [-0.15, -0.1) is 11.8 Å². The number of nitrogens with zero attached hydrogens (tertiary/aromatic N) is 2. The molecule has 1 unspecified atom stereocenters. The summed E-state index contributed by atoms with van der Waals surface area (Å²) in [4.78, 5) is 6.34. The summed E-state index contributed by atoms with van der Waals surface area (Å²) in [6.45, 7) is 3.38. The zero-order valence-electron chi connectivity index (χ0n) is 18.6. The van der Waals surface area contributed by atoms with Crippen LogP contribution in [0.3, 0.4) is 0 Å². The Morgan fingerprint density at radius 3 is 2.24 bits per heavy atom. The van der Waals surface area contributed by atoms with Crippen LogP contribution in [0, 0.1) is 6.92 Å². The highest BCUT2D eigenvalue weighted by atomic mass is 32.2. The Balaban J connectivity index is 1.52. The van der Waals surface area contributed by atoms with Gasteiger partial charge in [0.1, 0.15) is 18.2 Å². The van der Waals surface area contributed by atoms with Crippen molar-refractivity contribution >= 4 is 22.8 Å². The molecule has 0 aliphatic rings. The first-order valence-electron chi connectivity index (χ1n) is 11.2. The molecule has 0 spiro atoms.